The van der Waals surface area contributed by atoms with Gasteiger partial charge in [0.1, 0.15) is 0 Å². The molecule has 1 fully saturated rings. The van der Waals surface area contributed by atoms with Gasteiger partial charge in [0.15, 0.2) is 0 Å². The molecule has 1 heterocycles. The maximum absolute atomic E-state index is 5.86. The number of hydrogen-bond acceptors (Lipinski definition) is 1. The summed E-state index contributed by atoms with van der Waals surface area (Å²) in [6.45, 7) is 14.1. The molecule has 0 spiro atoms. The average Bonchev–Trinajstić information content (AvgIpc) is 2.20. The van der Waals surface area contributed by atoms with Gasteiger partial charge in [-0.25, -0.2) is 0 Å². The highest BCUT2D eigenvalue weighted by Gasteiger charge is 2.29. The van der Waals surface area contributed by atoms with Crippen molar-refractivity contribution in [1.82, 2.24) is 0 Å². The van der Waals surface area contributed by atoms with Gasteiger partial charge in [0, 0.05) is 6.61 Å². The van der Waals surface area contributed by atoms with E-state index in [0.717, 1.165) is 18.4 Å². The molecule has 1 nitrogen and oxygen atoms in total. The molecule has 0 bridgehead atoms. The summed E-state index contributed by atoms with van der Waals surface area (Å²) in [5, 5.41) is 0. The molecule has 0 N–H and O–H groups in total. The maximum atomic E-state index is 5.86. The van der Waals surface area contributed by atoms with Crippen LogP contribution in [0, 0.1) is 17.8 Å². The second-order valence-corrected chi connectivity index (χ2v) is 4.55. The van der Waals surface area contributed by atoms with Gasteiger partial charge in [-0.15, -0.1) is 0 Å². The van der Waals surface area contributed by atoms with Crippen molar-refractivity contribution in [3.8, 4) is 0 Å². The molecular formula is C13H28O. The van der Waals surface area contributed by atoms with Crippen LogP contribution in [0.25, 0.3) is 0 Å². The summed E-state index contributed by atoms with van der Waals surface area (Å²) in [6.07, 6.45) is 3.15. The summed E-state index contributed by atoms with van der Waals surface area (Å²) >= 11 is 0. The highest BCUT2D eigenvalue weighted by molar-refractivity contribution is 4.78. The van der Waals surface area contributed by atoms with Crippen molar-refractivity contribution in [2.24, 2.45) is 17.8 Å². The smallest absolute Gasteiger partial charge is 0.0626 e. The molecular weight excluding hydrogens is 172 g/mol. The minimum Gasteiger partial charge on any atom is -0.377 e. The second kappa shape index (κ2) is 7.28. The van der Waals surface area contributed by atoms with Gasteiger partial charge >= 0.3 is 0 Å². The lowest BCUT2D eigenvalue weighted by atomic mass is 9.82. The van der Waals surface area contributed by atoms with Crippen LogP contribution in [0.2, 0.25) is 0 Å². The van der Waals surface area contributed by atoms with Crippen molar-refractivity contribution >= 4 is 0 Å². The Morgan fingerprint density at radius 1 is 1.29 bits per heavy atom. The van der Waals surface area contributed by atoms with E-state index < -0.39 is 0 Å². The van der Waals surface area contributed by atoms with Crippen molar-refractivity contribution in [1.29, 1.82) is 0 Å². The minimum absolute atomic E-state index is 0.520. The average molecular weight is 200 g/mol. The van der Waals surface area contributed by atoms with Gasteiger partial charge in [0.25, 0.3) is 0 Å². The van der Waals surface area contributed by atoms with E-state index in [-0.39, 0.29) is 0 Å². The maximum Gasteiger partial charge on any atom is 0.0626 e. The quantitative estimate of drug-likeness (QED) is 0.651. The first-order valence-electron chi connectivity index (χ1n) is 6.26. The fourth-order valence-corrected chi connectivity index (χ4v) is 2.27. The summed E-state index contributed by atoms with van der Waals surface area (Å²) in [4.78, 5) is 0. The third-order valence-corrected chi connectivity index (χ3v) is 2.92. The van der Waals surface area contributed by atoms with Gasteiger partial charge in [0.05, 0.1) is 6.10 Å². The van der Waals surface area contributed by atoms with Gasteiger partial charge in [-0.1, -0.05) is 48.0 Å². The van der Waals surface area contributed by atoms with E-state index >= 15 is 0 Å². The van der Waals surface area contributed by atoms with Gasteiger partial charge in [-0.2, -0.15) is 0 Å². The van der Waals surface area contributed by atoms with Crippen LogP contribution in [0.5, 0.6) is 0 Å². The van der Waals surface area contributed by atoms with Crippen molar-refractivity contribution in [3.63, 3.8) is 0 Å². The Bertz CT molecular complexity index is 131. The Hall–Kier alpha value is -0.0400. The highest BCUT2D eigenvalue weighted by Crippen LogP contribution is 2.31. The monoisotopic (exact) mass is 200 g/mol. The Morgan fingerprint density at radius 3 is 2.29 bits per heavy atom. The Balaban J connectivity index is 0.000000791. The fraction of sp³-hybridized carbons (Fsp3) is 1.00. The molecule has 1 heteroatoms. The number of rotatable bonds is 2. The molecule has 0 aliphatic carbocycles. The van der Waals surface area contributed by atoms with Crippen molar-refractivity contribution in [3.05, 3.63) is 0 Å². The highest BCUT2D eigenvalue weighted by atomic mass is 16.5. The lowest BCUT2D eigenvalue weighted by Gasteiger charge is -2.36. The second-order valence-electron chi connectivity index (χ2n) is 4.55. The molecule has 0 aromatic heterocycles. The Morgan fingerprint density at radius 2 is 1.86 bits per heavy atom. The first kappa shape index (κ1) is 14.0. The molecule has 0 radical (unpaired) electrons. The molecule has 0 aromatic carbocycles. The minimum atomic E-state index is 0.520. The van der Waals surface area contributed by atoms with E-state index in [1.54, 1.807) is 0 Å². The number of ether oxygens (including phenoxy) is 1. The molecule has 3 atom stereocenters. The zero-order chi connectivity index (χ0) is 11.1. The van der Waals surface area contributed by atoms with Crippen LogP contribution < -0.4 is 0 Å². The molecule has 86 valence electrons. The normalized spacial score (nSPS) is 32.4. The third kappa shape index (κ3) is 4.00. The van der Waals surface area contributed by atoms with E-state index in [4.69, 9.17) is 4.74 Å². The van der Waals surface area contributed by atoms with Crippen LogP contribution in [0.4, 0.5) is 0 Å². The van der Waals surface area contributed by atoms with E-state index in [1.807, 2.05) is 13.8 Å². The van der Waals surface area contributed by atoms with E-state index in [9.17, 15) is 0 Å². The molecule has 1 aliphatic rings. The molecule has 1 aliphatic heterocycles. The Labute approximate surface area is 90.2 Å². The predicted molar refractivity (Wildman–Crippen MR) is 63.5 cm³/mol. The van der Waals surface area contributed by atoms with Gasteiger partial charge in [-0.3, -0.25) is 0 Å². The number of hydrogen-bond donors (Lipinski definition) is 0. The molecule has 1 saturated heterocycles. The van der Waals surface area contributed by atoms with Crippen LogP contribution in [0.3, 0.4) is 0 Å². The zero-order valence-corrected chi connectivity index (χ0v) is 10.8. The van der Waals surface area contributed by atoms with Crippen LogP contribution >= 0.6 is 0 Å². The summed E-state index contributed by atoms with van der Waals surface area (Å²) in [5.41, 5.74) is 0. The fourth-order valence-electron chi connectivity index (χ4n) is 2.27. The summed E-state index contributed by atoms with van der Waals surface area (Å²) < 4.78 is 5.86. The third-order valence-electron chi connectivity index (χ3n) is 2.92. The summed E-state index contributed by atoms with van der Waals surface area (Å²) in [7, 11) is 0. The van der Waals surface area contributed by atoms with Crippen molar-refractivity contribution in [2.75, 3.05) is 6.61 Å². The van der Waals surface area contributed by atoms with Crippen LogP contribution in [-0.4, -0.2) is 12.7 Å². The van der Waals surface area contributed by atoms with Crippen LogP contribution in [0.1, 0.15) is 54.4 Å². The van der Waals surface area contributed by atoms with Gasteiger partial charge in [0.2, 0.25) is 0 Å². The molecule has 3 unspecified atom stereocenters. The topological polar surface area (TPSA) is 9.23 Å². The lowest BCUT2D eigenvalue weighted by molar-refractivity contribution is -0.0759. The largest absolute Gasteiger partial charge is 0.377 e. The van der Waals surface area contributed by atoms with Gasteiger partial charge in [-0.05, 0) is 24.2 Å². The van der Waals surface area contributed by atoms with Gasteiger partial charge < -0.3 is 4.74 Å². The zero-order valence-electron chi connectivity index (χ0n) is 10.8. The van der Waals surface area contributed by atoms with Crippen LogP contribution in [-0.2, 0) is 4.74 Å². The molecule has 1 rings (SSSR count). The summed E-state index contributed by atoms with van der Waals surface area (Å²) in [5.74, 6) is 2.25. The van der Waals surface area contributed by atoms with Crippen molar-refractivity contribution in [2.45, 2.75) is 60.5 Å². The SMILES string of the molecule is CC.CCC1CC(C)COC1C(C)C. The Kier molecular flexibility index (Phi) is 7.26. The molecule has 0 saturated carbocycles. The van der Waals surface area contributed by atoms with E-state index in [1.165, 1.54) is 12.8 Å². The van der Waals surface area contributed by atoms with E-state index in [0.29, 0.717) is 12.0 Å². The van der Waals surface area contributed by atoms with E-state index in [2.05, 4.69) is 27.7 Å². The summed E-state index contributed by atoms with van der Waals surface area (Å²) in [6, 6.07) is 0. The lowest BCUT2D eigenvalue weighted by Crippen LogP contribution is -2.36. The first-order valence-corrected chi connectivity index (χ1v) is 6.26. The molecule has 14 heavy (non-hydrogen) atoms. The molecule has 0 aromatic rings. The molecule has 0 amide bonds. The standard InChI is InChI=1S/C11H22O.C2H6/c1-5-10-6-9(4)7-12-11(10)8(2)3;1-2/h8-11H,5-7H2,1-4H3;1-2H3. The van der Waals surface area contributed by atoms with Crippen molar-refractivity contribution < 1.29 is 4.74 Å². The van der Waals surface area contributed by atoms with Crippen LogP contribution in [0.15, 0.2) is 0 Å². The first-order chi connectivity index (χ1) is 6.65. The predicted octanol–water partition coefficient (Wildman–Crippen LogP) is 4.12.